The summed E-state index contributed by atoms with van der Waals surface area (Å²) in [7, 11) is 0. The molecule has 6 nitrogen and oxygen atoms in total. The van der Waals surface area contributed by atoms with Crippen molar-refractivity contribution in [3.05, 3.63) is 71.3 Å². The van der Waals surface area contributed by atoms with Gasteiger partial charge in [-0.25, -0.2) is 0 Å². The highest BCUT2D eigenvalue weighted by Gasteiger charge is 2.49. The number of nitrogen functional groups attached to an aromatic ring is 2. The molecule has 180 valence electrons. The zero-order valence-electron chi connectivity index (χ0n) is 20.0. The Morgan fingerprint density at radius 2 is 1.19 bits per heavy atom. The molecule has 0 radical (unpaired) electrons. The van der Waals surface area contributed by atoms with Gasteiger partial charge >= 0.3 is 0 Å². The van der Waals surface area contributed by atoms with Crippen molar-refractivity contribution in [2.45, 2.75) is 38.0 Å². The molecule has 0 spiro atoms. The summed E-state index contributed by atoms with van der Waals surface area (Å²) in [6.45, 7) is 0. The Morgan fingerprint density at radius 1 is 0.639 bits per heavy atom. The van der Waals surface area contributed by atoms with Crippen LogP contribution in [0.4, 0.5) is 11.4 Å². The third-order valence-electron chi connectivity index (χ3n) is 8.27. The average molecular weight is 477 g/mol. The van der Waals surface area contributed by atoms with Crippen LogP contribution in [0.15, 0.2) is 54.6 Å². The van der Waals surface area contributed by atoms with Gasteiger partial charge in [-0.3, -0.25) is 0 Å². The molecule has 36 heavy (non-hydrogen) atoms. The van der Waals surface area contributed by atoms with Crippen LogP contribution in [-0.4, -0.2) is 0 Å². The van der Waals surface area contributed by atoms with Crippen molar-refractivity contribution in [3.63, 3.8) is 0 Å². The first kappa shape index (κ1) is 22.3. The Hall–Kier alpha value is -4.16. The van der Waals surface area contributed by atoms with Crippen LogP contribution in [0.3, 0.4) is 0 Å². The molecule has 0 atom stereocenters. The van der Waals surface area contributed by atoms with Crippen LogP contribution in [0.25, 0.3) is 0 Å². The van der Waals surface area contributed by atoms with Crippen molar-refractivity contribution in [3.8, 4) is 35.1 Å². The smallest absolute Gasteiger partial charge is 0.145 e. The Labute approximate surface area is 211 Å². The summed E-state index contributed by atoms with van der Waals surface area (Å²) in [5, 5.41) is 19.2. The lowest BCUT2D eigenvalue weighted by Gasteiger charge is -2.54. The van der Waals surface area contributed by atoms with Gasteiger partial charge in [0.2, 0.25) is 0 Å². The standard InChI is InChI=1S/C30H28N4O2/c31-15-21-12-23(33)1-5-27(21)35-25-3-4-26(30-19-8-17-7-18(10-19)11-20(30)9-17)29(14-25)36-28-6-2-24(34)13-22(28)16-32/h1-6,12-14,17-20,30H,7-11,33-34H2. The highest BCUT2D eigenvalue weighted by atomic mass is 16.5. The lowest BCUT2D eigenvalue weighted by atomic mass is 9.50. The van der Waals surface area contributed by atoms with Crippen molar-refractivity contribution in [1.82, 2.24) is 0 Å². The molecule has 0 aliphatic heterocycles. The number of rotatable bonds is 5. The maximum Gasteiger partial charge on any atom is 0.145 e. The number of nitrogens with zero attached hydrogens (tertiary/aromatic N) is 2. The molecule has 3 aromatic rings. The molecule has 4 aliphatic rings. The molecule has 0 unspecified atom stereocenters. The lowest BCUT2D eigenvalue weighted by molar-refractivity contribution is -0.00337. The van der Waals surface area contributed by atoms with E-state index in [4.69, 9.17) is 20.9 Å². The van der Waals surface area contributed by atoms with E-state index in [1.54, 1.807) is 36.4 Å². The number of ether oxygens (including phenoxy) is 2. The minimum absolute atomic E-state index is 0.368. The number of nitriles is 2. The molecule has 0 heterocycles. The van der Waals surface area contributed by atoms with Gasteiger partial charge in [-0.2, -0.15) is 10.5 Å². The van der Waals surface area contributed by atoms with Crippen molar-refractivity contribution in [2.75, 3.05) is 11.5 Å². The van der Waals surface area contributed by atoms with Crippen LogP contribution in [0.2, 0.25) is 0 Å². The van der Waals surface area contributed by atoms with E-state index in [2.05, 4.69) is 18.2 Å². The Balaban J connectivity index is 1.40. The summed E-state index contributed by atoms with van der Waals surface area (Å²) in [4.78, 5) is 0. The molecule has 3 aromatic carbocycles. The summed E-state index contributed by atoms with van der Waals surface area (Å²) >= 11 is 0. The largest absolute Gasteiger partial charge is 0.456 e. The Kier molecular flexibility index (Phi) is 5.46. The highest BCUT2D eigenvalue weighted by molar-refractivity contribution is 5.57. The number of hydrogen-bond acceptors (Lipinski definition) is 6. The second kappa shape index (κ2) is 8.81. The fourth-order valence-corrected chi connectivity index (χ4v) is 7.07. The molecular formula is C30H28N4O2. The minimum Gasteiger partial charge on any atom is -0.456 e. The Morgan fingerprint density at radius 3 is 1.75 bits per heavy atom. The van der Waals surface area contributed by atoms with E-state index >= 15 is 0 Å². The first-order valence-electron chi connectivity index (χ1n) is 12.6. The van der Waals surface area contributed by atoms with Crippen molar-refractivity contribution < 1.29 is 9.47 Å². The summed E-state index contributed by atoms with van der Waals surface area (Å²) in [6, 6.07) is 20.4. The first-order valence-corrected chi connectivity index (χ1v) is 12.6. The van der Waals surface area contributed by atoms with Crippen LogP contribution >= 0.6 is 0 Å². The predicted molar refractivity (Wildman–Crippen MR) is 138 cm³/mol. The zero-order chi connectivity index (χ0) is 24.8. The van der Waals surface area contributed by atoms with Crippen LogP contribution in [0.1, 0.15) is 54.7 Å². The fourth-order valence-electron chi connectivity index (χ4n) is 7.07. The molecule has 4 bridgehead atoms. The third-order valence-corrected chi connectivity index (χ3v) is 8.27. The van der Waals surface area contributed by atoms with Crippen molar-refractivity contribution in [1.29, 1.82) is 10.5 Å². The summed E-state index contributed by atoms with van der Waals surface area (Å²) in [6.07, 6.45) is 6.56. The van der Waals surface area contributed by atoms with Crippen LogP contribution in [0, 0.1) is 46.3 Å². The summed E-state index contributed by atoms with van der Waals surface area (Å²) < 4.78 is 12.6. The number of hydrogen-bond donors (Lipinski definition) is 2. The van der Waals surface area contributed by atoms with Gasteiger partial charge in [-0.1, -0.05) is 6.07 Å². The topological polar surface area (TPSA) is 118 Å². The minimum atomic E-state index is 0.368. The number of anilines is 2. The molecule has 7 rings (SSSR count). The maximum absolute atomic E-state index is 9.68. The highest BCUT2D eigenvalue weighted by Crippen LogP contribution is 2.61. The van der Waals surface area contributed by atoms with Crippen LogP contribution in [0.5, 0.6) is 23.0 Å². The van der Waals surface area contributed by atoms with Crippen molar-refractivity contribution >= 4 is 11.4 Å². The van der Waals surface area contributed by atoms with Gasteiger partial charge in [0.1, 0.15) is 35.1 Å². The van der Waals surface area contributed by atoms with E-state index in [9.17, 15) is 10.5 Å². The van der Waals surface area contributed by atoms with Crippen molar-refractivity contribution in [2.24, 2.45) is 23.7 Å². The van der Waals surface area contributed by atoms with Gasteiger partial charge in [0.25, 0.3) is 0 Å². The Bertz CT molecular complexity index is 1390. The second-order valence-electron chi connectivity index (χ2n) is 10.6. The van der Waals surface area contributed by atoms with Gasteiger partial charge in [0.05, 0.1) is 11.1 Å². The fraction of sp³-hybridized carbons (Fsp3) is 0.333. The van der Waals surface area contributed by atoms with Crippen LogP contribution in [-0.2, 0) is 0 Å². The third kappa shape index (κ3) is 3.99. The maximum atomic E-state index is 9.68. The van der Waals surface area contributed by atoms with Gasteiger partial charge in [0.15, 0.2) is 0 Å². The molecule has 4 fully saturated rings. The molecule has 4 N–H and O–H groups in total. The molecular weight excluding hydrogens is 448 g/mol. The molecule has 0 amide bonds. The van der Waals surface area contributed by atoms with E-state index in [1.165, 1.54) is 37.7 Å². The predicted octanol–water partition coefficient (Wildman–Crippen LogP) is 6.72. The van der Waals surface area contributed by atoms with E-state index in [0.29, 0.717) is 63.3 Å². The van der Waals surface area contributed by atoms with E-state index in [1.807, 2.05) is 12.1 Å². The van der Waals surface area contributed by atoms with E-state index in [0.717, 1.165) is 11.8 Å². The number of benzene rings is 3. The average Bonchev–Trinajstić information content (AvgIpc) is 2.86. The summed E-state index contributed by atoms with van der Waals surface area (Å²) in [5.41, 5.74) is 14.7. The quantitative estimate of drug-likeness (QED) is 0.395. The molecule has 6 heteroatoms. The lowest BCUT2D eigenvalue weighted by Crippen LogP contribution is -2.43. The van der Waals surface area contributed by atoms with E-state index in [-0.39, 0.29) is 0 Å². The second-order valence-corrected chi connectivity index (χ2v) is 10.6. The normalized spacial score (nSPS) is 25.7. The van der Waals surface area contributed by atoms with Crippen LogP contribution < -0.4 is 20.9 Å². The number of nitrogens with two attached hydrogens (primary N) is 2. The molecule has 4 saturated carbocycles. The molecule has 4 aliphatic carbocycles. The SMILES string of the molecule is N#Cc1cc(N)ccc1Oc1ccc(C2C3CC4CC(C3)CC2C4)c(Oc2ccc(N)cc2C#N)c1. The van der Waals surface area contributed by atoms with Gasteiger partial charge in [-0.05, 0) is 110 Å². The van der Waals surface area contributed by atoms with Gasteiger partial charge < -0.3 is 20.9 Å². The molecule has 0 aromatic heterocycles. The molecule has 0 saturated heterocycles. The summed E-state index contributed by atoms with van der Waals surface area (Å²) in [5.74, 6) is 5.67. The van der Waals surface area contributed by atoms with Gasteiger partial charge in [-0.15, -0.1) is 0 Å². The first-order chi connectivity index (χ1) is 17.5. The van der Waals surface area contributed by atoms with E-state index < -0.39 is 0 Å². The monoisotopic (exact) mass is 476 g/mol. The van der Waals surface area contributed by atoms with Gasteiger partial charge in [0, 0.05) is 17.4 Å². The zero-order valence-corrected chi connectivity index (χ0v) is 20.0.